The molecule has 0 atom stereocenters. The Balaban J connectivity index is 2.62. The van der Waals surface area contributed by atoms with E-state index < -0.39 is 0 Å². The van der Waals surface area contributed by atoms with Crippen molar-refractivity contribution in [3.63, 3.8) is 0 Å². The van der Waals surface area contributed by atoms with Gasteiger partial charge < -0.3 is 9.63 Å². The lowest BCUT2D eigenvalue weighted by Crippen LogP contribution is -2.02. The lowest BCUT2D eigenvalue weighted by atomic mass is 9.76. The minimum atomic E-state index is 0.518. The Morgan fingerprint density at radius 2 is 2.50 bits per heavy atom. The van der Waals surface area contributed by atoms with Gasteiger partial charge in [-0.05, 0) is 6.42 Å². The van der Waals surface area contributed by atoms with Crippen molar-refractivity contribution in [2.45, 2.75) is 12.7 Å². The summed E-state index contributed by atoms with van der Waals surface area (Å²) in [6.45, 7) is 0.518. The molecule has 0 fully saturated rings. The Hall–Kier alpha value is -0.345. The van der Waals surface area contributed by atoms with Crippen molar-refractivity contribution in [3.8, 4) is 0 Å². The fourth-order valence-corrected chi connectivity index (χ4v) is 0.353. The molecular formula is C4H9BNO2. The molecule has 1 radical (unpaired) electrons. The summed E-state index contributed by atoms with van der Waals surface area (Å²) >= 11 is 0. The first-order valence-corrected chi connectivity index (χ1v) is 2.50. The van der Waals surface area contributed by atoms with Crippen molar-refractivity contribution in [2.75, 3.05) is 6.61 Å². The van der Waals surface area contributed by atoms with Crippen LogP contribution in [0.1, 0.15) is 6.42 Å². The summed E-state index contributed by atoms with van der Waals surface area (Å²) in [5, 5.41) is 0. The Labute approximate surface area is 49.4 Å². The van der Waals surface area contributed by atoms with Crippen LogP contribution in [0.25, 0.3) is 0 Å². The highest BCUT2D eigenvalue weighted by Gasteiger charge is 1.86. The molecule has 45 valence electrons. The molecule has 0 amide bonds. The average Bonchev–Trinajstić information content (AvgIpc) is 1.81. The third-order valence-corrected chi connectivity index (χ3v) is 0.729. The second-order valence-electron chi connectivity index (χ2n) is 1.38. The van der Waals surface area contributed by atoms with E-state index in [-0.39, 0.29) is 0 Å². The fourth-order valence-electron chi connectivity index (χ4n) is 0.353. The summed E-state index contributed by atoms with van der Waals surface area (Å²) in [4.78, 5) is 13.9. The molecule has 3 nitrogen and oxygen atoms in total. The van der Waals surface area contributed by atoms with Gasteiger partial charge in [-0.1, -0.05) is 6.32 Å². The van der Waals surface area contributed by atoms with Gasteiger partial charge in [-0.15, -0.1) is 0 Å². The van der Waals surface area contributed by atoms with Crippen LogP contribution in [-0.2, 0) is 9.63 Å². The van der Waals surface area contributed by atoms with Gasteiger partial charge in [0.2, 0.25) is 0 Å². The molecule has 0 unspecified atom stereocenters. The van der Waals surface area contributed by atoms with Crippen molar-refractivity contribution in [1.82, 2.24) is 0 Å². The van der Waals surface area contributed by atoms with E-state index in [1.165, 1.54) is 0 Å². The largest absolute Gasteiger partial charge is 0.316 e. The van der Waals surface area contributed by atoms with Gasteiger partial charge >= 0.3 is 0 Å². The first-order valence-electron chi connectivity index (χ1n) is 2.50. The Bertz CT molecular complexity index is 60.0. The van der Waals surface area contributed by atoms with Crippen molar-refractivity contribution in [1.29, 1.82) is 0 Å². The minimum absolute atomic E-state index is 0.518. The van der Waals surface area contributed by atoms with Crippen LogP contribution < -0.4 is 5.90 Å². The van der Waals surface area contributed by atoms with Crippen LogP contribution in [0.5, 0.6) is 0 Å². The standard InChI is InChI=1S/C4H9BNO2/c6-8-3-1-2-5-4-7/h4H,1-3,6H2. The lowest BCUT2D eigenvalue weighted by molar-refractivity contribution is 0.139. The van der Waals surface area contributed by atoms with Crippen molar-refractivity contribution >= 4 is 13.5 Å². The Morgan fingerprint density at radius 3 is 3.00 bits per heavy atom. The molecule has 0 saturated heterocycles. The lowest BCUT2D eigenvalue weighted by Gasteiger charge is -1.91. The van der Waals surface area contributed by atoms with E-state index >= 15 is 0 Å². The van der Waals surface area contributed by atoms with Crippen molar-refractivity contribution < 1.29 is 9.63 Å². The highest BCUT2D eigenvalue weighted by Crippen LogP contribution is 1.84. The van der Waals surface area contributed by atoms with Crippen molar-refractivity contribution in [3.05, 3.63) is 0 Å². The Morgan fingerprint density at radius 1 is 1.75 bits per heavy atom. The molecule has 0 aromatic rings. The van der Waals surface area contributed by atoms with E-state index in [1.54, 1.807) is 7.28 Å². The Kier molecular flexibility index (Phi) is 6.37. The zero-order valence-corrected chi connectivity index (χ0v) is 4.67. The molecule has 0 bridgehead atoms. The molecule has 0 aromatic carbocycles. The molecule has 8 heavy (non-hydrogen) atoms. The zero-order chi connectivity index (χ0) is 6.24. The number of carbonyl (C=O) groups excluding carboxylic acids is 1. The van der Waals surface area contributed by atoms with Crippen molar-refractivity contribution in [2.24, 2.45) is 5.90 Å². The second-order valence-corrected chi connectivity index (χ2v) is 1.38. The van der Waals surface area contributed by atoms with Gasteiger partial charge in [0.05, 0.1) is 12.8 Å². The third-order valence-electron chi connectivity index (χ3n) is 0.729. The summed E-state index contributed by atoms with van der Waals surface area (Å²) in [7, 11) is 1.54. The first-order chi connectivity index (χ1) is 3.91. The van der Waals surface area contributed by atoms with Gasteiger partial charge in [0.25, 0.3) is 0 Å². The smallest absolute Gasteiger partial charge is 0.197 e. The topological polar surface area (TPSA) is 52.3 Å². The average molecular weight is 114 g/mol. The van der Waals surface area contributed by atoms with E-state index in [0.29, 0.717) is 6.61 Å². The normalized spacial score (nSPS) is 8.62. The van der Waals surface area contributed by atoms with Gasteiger partial charge in [0, 0.05) is 0 Å². The zero-order valence-electron chi connectivity index (χ0n) is 4.67. The minimum Gasteiger partial charge on any atom is -0.316 e. The predicted molar refractivity (Wildman–Crippen MR) is 32.1 cm³/mol. The maximum Gasteiger partial charge on any atom is 0.197 e. The van der Waals surface area contributed by atoms with E-state index in [2.05, 4.69) is 4.84 Å². The van der Waals surface area contributed by atoms with Crippen LogP contribution in [0, 0.1) is 0 Å². The molecule has 0 aliphatic carbocycles. The van der Waals surface area contributed by atoms with Crippen LogP contribution in [0.4, 0.5) is 0 Å². The summed E-state index contributed by atoms with van der Waals surface area (Å²) < 4.78 is 0. The first kappa shape index (κ1) is 7.65. The van der Waals surface area contributed by atoms with Crippen LogP contribution in [0.15, 0.2) is 0 Å². The van der Waals surface area contributed by atoms with Gasteiger partial charge in [0.1, 0.15) is 0 Å². The molecule has 4 heteroatoms. The molecule has 0 aliphatic heterocycles. The second kappa shape index (κ2) is 6.65. The number of carbonyl (C=O) groups is 1. The summed E-state index contributed by atoms with van der Waals surface area (Å²) in [5.41, 5.74) is 0. The maximum atomic E-state index is 9.64. The molecule has 2 N–H and O–H groups in total. The van der Waals surface area contributed by atoms with Crippen LogP contribution in [0.2, 0.25) is 6.32 Å². The quantitative estimate of drug-likeness (QED) is 0.228. The summed E-state index contributed by atoms with van der Waals surface area (Å²) in [6, 6.07) is 0. The molecule has 0 aromatic heterocycles. The number of hydrogen-bond donors (Lipinski definition) is 1. The van der Waals surface area contributed by atoms with Crippen LogP contribution >= 0.6 is 0 Å². The van der Waals surface area contributed by atoms with Gasteiger partial charge in [-0.2, -0.15) is 0 Å². The van der Waals surface area contributed by atoms with Crippen LogP contribution in [0.3, 0.4) is 0 Å². The SMILES string of the molecule is NOCCC[B]C=O. The van der Waals surface area contributed by atoms with E-state index in [0.717, 1.165) is 18.9 Å². The van der Waals surface area contributed by atoms with E-state index in [9.17, 15) is 4.79 Å². The molecule has 0 aliphatic rings. The van der Waals surface area contributed by atoms with Gasteiger partial charge in [0.15, 0.2) is 7.28 Å². The van der Waals surface area contributed by atoms with E-state index in [4.69, 9.17) is 5.90 Å². The summed E-state index contributed by atoms with van der Waals surface area (Å²) in [5.74, 6) is 4.71. The maximum absolute atomic E-state index is 9.64. The fraction of sp³-hybridized carbons (Fsp3) is 0.750. The van der Waals surface area contributed by atoms with E-state index in [1.807, 2.05) is 0 Å². The molecule has 0 saturated carbocycles. The molecular weight excluding hydrogens is 105 g/mol. The highest BCUT2D eigenvalue weighted by molar-refractivity contribution is 6.66. The molecule has 0 heterocycles. The van der Waals surface area contributed by atoms with Gasteiger partial charge in [-0.25, -0.2) is 5.90 Å². The third kappa shape index (κ3) is 5.65. The number of rotatable bonds is 5. The van der Waals surface area contributed by atoms with Gasteiger partial charge in [-0.3, -0.25) is 0 Å². The highest BCUT2D eigenvalue weighted by atomic mass is 16.6. The molecule has 0 spiro atoms. The number of nitrogens with two attached hydrogens (primary N) is 1. The predicted octanol–water partition coefficient (Wildman–Crippen LogP) is -0.420. The van der Waals surface area contributed by atoms with Crippen LogP contribution in [-0.4, -0.2) is 20.1 Å². The number of hydrogen-bond acceptors (Lipinski definition) is 3. The summed E-state index contributed by atoms with van der Waals surface area (Å²) in [6.07, 6.45) is 2.34. The monoisotopic (exact) mass is 114 g/mol. The molecule has 0 rings (SSSR count).